The van der Waals surface area contributed by atoms with Gasteiger partial charge in [-0.1, -0.05) is 53.6 Å². The fourth-order valence-electron chi connectivity index (χ4n) is 3.02. The van der Waals surface area contributed by atoms with Crippen LogP contribution in [0.2, 0.25) is 0 Å². The molecule has 1 aromatic carbocycles. The Balaban J connectivity index is 1.97. The molecule has 98 valence electrons. The molecule has 0 saturated heterocycles. The van der Waals surface area contributed by atoms with Crippen LogP contribution in [0.25, 0.3) is 0 Å². The first-order chi connectivity index (χ1) is 9.25. The Kier molecular flexibility index (Phi) is 3.34. The van der Waals surface area contributed by atoms with E-state index in [4.69, 9.17) is 0 Å². The van der Waals surface area contributed by atoms with Gasteiger partial charge in [0, 0.05) is 19.0 Å². The smallest absolute Gasteiger partial charge is 0.142 e. The van der Waals surface area contributed by atoms with Gasteiger partial charge in [-0.3, -0.25) is 4.79 Å². The molecule has 0 spiro atoms. The molecule has 1 fully saturated rings. The lowest BCUT2D eigenvalue weighted by Gasteiger charge is -2.33. The Morgan fingerprint density at radius 2 is 1.95 bits per heavy atom. The number of fused-ring (bicyclic) bond motifs is 1. The third-order valence-electron chi connectivity index (χ3n) is 4.08. The molecule has 2 nitrogen and oxygen atoms in total. The summed E-state index contributed by atoms with van der Waals surface area (Å²) in [7, 11) is 0. The van der Waals surface area contributed by atoms with Crippen LogP contribution in [0.3, 0.4) is 0 Å². The van der Waals surface area contributed by atoms with Crippen molar-refractivity contribution < 1.29 is 4.79 Å². The lowest BCUT2D eigenvalue weighted by Crippen LogP contribution is -2.42. The van der Waals surface area contributed by atoms with Crippen LogP contribution in [0.4, 0.5) is 0 Å². The number of ketones is 1. The second-order valence-corrected chi connectivity index (χ2v) is 5.41. The van der Waals surface area contributed by atoms with Crippen LogP contribution in [0.5, 0.6) is 0 Å². The van der Waals surface area contributed by atoms with Crippen LogP contribution in [0, 0.1) is 6.92 Å². The molecule has 1 aromatic rings. The molecule has 2 unspecified atom stereocenters. The van der Waals surface area contributed by atoms with Gasteiger partial charge in [-0.2, -0.15) is 0 Å². The highest BCUT2D eigenvalue weighted by Crippen LogP contribution is 2.34. The Morgan fingerprint density at radius 3 is 2.74 bits per heavy atom. The molecule has 2 aliphatic rings. The van der Waals surface area contributed by atoms with Crippen LogP contribution >= 0.6 is 0 Å². The Hall–Kier alpha value is -1.67. The molecule has 0 bridgehead atoms. The number of hydrogen-bond donors (Lipinski definition) is 1. The van der Waals surface area contributed by atoms with Crippen molar-refractivity contribution in [3.8, 4) is 0 Å². The first kappa shape index (κ1) is 12.4. The minimum absolute atomic E-state index is 0.0273. The van der Waals surface area contributed by atoms with Crippen molar-refractivity contribution >= 4 is 5.78 Å². The van der Waals surface area contributed by atoms with E-state index < -0.39 is 0 Å². The Morgan fingerprint density at radius 1 is 1.16 bits per heavy atom. The third kappa shape index (κ3) is 2.41. The minimum atomic E-state index is -0.0273. The van der Waals surface area contributed by atoms with Crippen molar-refractivity contribution in [2.75, 3.05) is 6.54 Å². The normalized spacial score (nSPS) is 26.6. The zero-order valence-electron chi connectivity index (χ0n) is 11.2. The predicted molar refractivity (Wildman–Crippen MR) is 77.2 cm³/mol. The predicted octanol–water partition coefficient (Wildman–Crippen LogP) is 2.90. The van der Waals surface area contributed by atoms with E-state index in [0.29, 0.717) is 12.2 Å². The van der Waals surface area contributed by atoms with Gasteiger partial charge in [-0.15, -0.1) is 0 Å². The zero-order chi connectivity index (χ0) is 13.2. The Bertz CT molecular complexity index is 539. The quantitative estimate of drug-likeness (QED) is 0.833. The first-order valence-electron chi connectivity index (χ1n) is 6.94. The summed E-state index contributed by atoms with van der Waals surface area (Å²) in [5, 5.41) is 3.50. The van der Waals surface area contributed by atoms with E-state index in [1.165, 1.54) is 11.1 Å². The molecule has 0 amide bonds. The topological polar surface area (TPSA) is 29.1 Å². The summed E-state index contributed by atoms with van der Waals surface area (Å²) in [5.74, 6) is 0.334. The van der Waals surface area contributed by atoms with Gasteiger partial charge in [0.1, 0.15) is 5.78 Å². The minimum Gasteiger partial charge on any atom is -0.306 e. The van der Waals surface area contributed by atoms with Gasteiger partial charge < -0.3 is 5.32 Å². The van der Waals surface area contributed by atoms with Crippen LogP contribution in [-0.2, 0) is 4.79 Å². The van der Waals surface area contributed by atoms with E-state index in [-0.39, 0.29) is 12.0 Å². The summed E-state index contributed by atoms with van der Waals surface area (Å²) in [6, 6.07) is 8.55. The highest BCUT2D eigenvalue weighted by molar-refractivity contribution is 5.88. The third-order valence-corrected chi connectivity index (χ3v) is 4.08. The van der Waals surface area contributed by atoms with E-state index >= 15 is 0 Å². The summed E-state index contributed by atoms with van der Waals surface area (Å²) in [6.45, 7) is 2.91. The molecule has 1 N–H and O–H groups in total. The number of hydrogen-bond acceptors (Lipinski definition) is 2. The molecule has 0 aromatic heterocycles. The maximum absolute atomic E-state index is 12.4. The van der Waals surface area contributed by atoms with E-state index in [9.17, 15) is 4.79 Å². The summed E-state index contributed by atoms with van der Waals surface area (Å²) in [4.78, 5) is 12.4. The molecule has 1 saturated carbocycles. The number of benzene rings is 1. The van der Waals surface area contributed by atoms with Crippen molar-refractivity contribution in [2.45, 2.75) is 31.7 Å². The van der Waals surface area contributed by atoms with Gasteiger partial charge >= 0.3 is 0 Å². The summed E-state index contributed by atoms with van der Waals surface area (Å²) >= 11 is 0. The van der Waals surface area contributed by atoms with E-state index in [1.807, 2.05) is 0 Å². The molecule has 0 radical (unpaired) electrons. The average Bonchev–Trinajstić information content (AvgIpc) is 2.65. The van der Waals surface area contributed by atoms with Crippen molar-refractivity contribution in [2.24, 2.45) is 0 Å². The van der Waals surface area contributed by atoms with Crippen molar-refractivity contribution in [3.63, 3.8) is 0 Å². The van der Waals surface area contributed by atoms with Crippen molar-refractivity contribution in [1.82, 2.24) is 5.32 Å². The number of aryl methyl sites for hydroxylation is 1. The number of carbonyl (C=O) groups excluding carboxylic acids is 1. The molecule has 1 aliphatic carbocycles. The number of rotatable bonds is 1. The standard InChI is InChI=1S/C17H19NO/c1-12-5-7-13(8-6-12)16-15(19)10-9-14-4-2-3-11-18-17(14)16/h2-8,16-18H,9-11H2,1H3. The van der Waals surface area contributed by atoms with Gasteiger partial charge in [-0.05, 0) is 18.9 Å². The SMILES string of the molecule is Cc1ccc(C2C(=O)CCC3=CC=CCNC32)cc1. The fraction of sp³-hybridized carbons (Fsp3) is 0.353. The van der Waals surface area contributed by atoms with Crippen LogP contribution in [0.15, 0.2) is 48.1 Å². The number of nitrogens with one attached hydrogen (secondary N) is 1. The Labute approximate surface area is 114 Å². The monoisotopic (exact) mass is 253 g/mol. The van der Waals surface area contributed by atoms with Crippen LogP contribution in [0.1, 0.15) is 29.9 Å². The van der Waals surface area contributed by atoms with Gasteiger partial charge in [0.05, 0.1) is 5.92 Å². The molecular formula is C17H19NO. The molecular weight excluding hydrogens is 234 g/mol. The zero-order valence-corrected chi connectivity index (χ0v) is 11.2. The molecule has 1 heterocycles. The fourth-order valence-corrected chi connectivity index (χ4v) is 3.02. The lowest BCUT2D eigenvalue weighted by molar-refractivity contribution is -0.121. The molecule has 2 heteroatoms. The first-order valence-corrected chi connectivity index (χ1v) is 6.94. The average molecular weight is 253 g/mol. The van der Waals surface area contributed by atoms with Gasteiger partial charge in [0.15, 0.2) is 0 Å². The van der Waals surface area contributed by atoms with Crippen LogP contribution in [-0.4, -0.2) is 18.4 Å². The largest absolute Gasteiger partial charge is 0.306 e. The number of Topliss-reactive ketones (excluding diaryl/α,β-unsaturated/α-hetero) is 1. The second-order valence-electron chi connectivity index (χ2n) is 5.41. The molecule has 1 aliphatic heterocycles. The van der Waals surface area contributed by atoms with E-state index in [1.54, 1.807) is 0 Å². The van der Waals surface area contributed by atoms with Crippen LogP contribution < -0.4 is 5.32 Å². The molecule has 2 atom stereocenters. The molecule has 3 rings (SSSR count). The summed E-state index contributed by atoms with van der Waals surface area (Å²) in [6.07, 6.45) is 7.95. The number of carbonyl (C=O) groups is 1. The van der Waals surface area contributed by atoms with E-state index in [0.717, 1.165) is 18.5 Å². The highest BCUT2D eigenvalue weighted by Gasteiger charge is 2.35. The van der Waals surface area contributed by atoms with Gasteiger partial charge in [0.25, 0.3) is 0 Å². The van der Waals surface area contributed by atoms with Gasteiger partial charge in [0.2, 0.25) is 0 Å². The lowest BCUT2D eigenvalue weighted by atomic mass is 9.76. The summed E-state index contributed by atoms with van der Waals surface area (Å²) < 4.78 is 0. The maximum atomic E-state index is 12.4. The van der Waals surface area contributed by atoms with Crippen molar-refractivity contribution in [1.29, 1.82) is 0 Å². The molecule has 19 heavy (non-hydrogen) atoms. The summed E-state index contributed by atoms with van der Waals surface area (Å²) in [5.41, 5.74) is 3.73. The second kappa shape index (κ2) is 5.14. The number of allylic oxidation sites excluding steroid dienone is 2. The van der Waals surface area contributed by atoms with E-state index in [2.05, 4.69) is 54.7 Å². The van der Waals surface area contributed by atoms with Gasteiger partial charge in [-0.25, -0.2) is 0 Å². The van der Waals surface area contributed by atoms with Crippen molar-refractivity contribution in [3.05, 3.63) is 59.2 Å². The maximum Gasteiger partial charge on any atom is 0.142 e. The highest BCUT2D eigenvalue weighted by atomic mass is 16.1.